The first-order chi connectivity index (χ1) is 9.09. The van der Waals surface area contributed by atoms with Crippen molar-refractivity contribution in [3.05, 3.63) is 0 Å². The smallest absolute Gasteiger partial charge is 0.323 e. The third kappa shape index (κ3) is 3.12. The predicted octanol–water partition coefficient (Wildman–Crippen LogP) is 3.05. The Bertz CT molecular complexity index is 353. The fraction of sp³-hybridized carbons (Fsp3) is 0.857. The molecule has 19 heavy (non-hydrogen) atoms. The van der Waals surface area contributed by atoms with Crippen molar-refractivity contribution in [2.45, 2.75) is 57.4 Å². The Balaban J connectivity index is 1.94. The van der Waals surface area contributed by atoms with Gasteiger partial charge in [0.1, 0.15) is 5.54 Å². The van der Waals surface area contributed by atoms with Crippen LogP contribution in [0.4, 0.5) is 4.79 Å². The number of hydrogen-bond acceptors (Lipinski definition) is 2. The van der Waals surface area contributed by atoms with E-state index >= 15 is 0 Å². The van der Waals surface area contributed by atoms with Crippen molar-refractivity contribution in [1.29, 1.82) is 0 Å². The first-order valence-electron chi connectivity index (χ1n) is 7.29. The number of urea groups is 1. The van der Waals surface area contributed by atoms with Crippen LogP contribution in [-0.4, -0.2) is 34.3 Å². The van der Waals surface area contributed by atoms with E-state index in [0.717, 1.165) is 43.9 Å². The Hall–Kier alpha value is -0.580. The standard InChI is InChI=1S/C14H23BrN2O2/c1-11(5-9-15)6-10-17-12(18)14(16-13(17)19)7-3-2-4-8-14/h11H,2-10H2,1H3,(H,16,19). The molecule has 108 valence electrons. The molecule has 0 radical (unpaired) electrons. The number of nitrogens with zero attached hydrogens (tertiary/aromatic N) is 1. The largest absolute Gasteiger partial charge is 0.325 e. The third-order valence-corrected chi connectivity index (χ3v) is 4.86. The van der Waals surface area contributed by atoms with Crippen LogP contribution in [0.5, 0.6) is 0 Å². The van der Waals surface area contributed by atoms with Gasteiger partial charge in [-0.3, -0.25) is 9.69 Å². The summed E-state index contributed by atoms with van der Waals surface area (Å²) in [5.41, 5.74) is -0.562. The average Bonchev–Trinajstić information content (AvgIpc) is 2.60. The maximum absolute atomic E-state index is 12.5. The van der Waals surface area contributed by atoms with Crippen molar-refractivity contribution in [2.75, 3.05) is 11.9 Å². The number of amides is 3. The van der Waals surface area contributed by atoms with Gasteiger partial charge in [0.15, 0.2) is 0 Å². The van der Waals surface area contributed by atoms with Gasteiger partial charge in [0.2, 0.25) is 0 Å². The van der Waals surface area contributed by atoms with Crippen molar-refractivity contribution >= 4 is 27.9 Å². The van der Waals surface area contributed by atoms with Crippen LogP contribution in [0, 0.1) is 5.92 Å². The molecule has 1 spiro atoms. The lowest BCUT2D eigenvalue weighted by Crippen LogP contribution is -2.48. The van der Waals surface area contributed by atoms with Crippen LogP contribution in [0.1, 0.15) is 51.9 Å². The molecule has 3 amide bonds. The molecule has 1 saturated heterocycles. The van der Waals surface area contributed by atoms with Crippen LogP contribution < -0.4 is 5.32 Å². The molecule has 1 N–H and O–H groups in total. The van der Waals surface area contributed by atoms with E-state index in [1.807, 2.05) is 0 Å². The maximum Gasteiger partial charge on any atom is 0.325 e. The Morgan fingerprint density at radius 3 is 2.58 bits per heavy atom. The fourth-order valence-electron chi connectivity index (χ4n) is 3.05. The number of imide groups is 1. The van der Waals surface area contributed by atoms with E-state index in [9.17, 15) is 9.59 Å². The summed E-state index contributed by atoms with van der Waals surface area (Å²) in [6, 6.07) is -0.182. The van der Waals surface area contributed by atoms with Gasteiger partial charge in [0.25, 0.3) is 5.91 Å². The van der Waals surface area contributed by atoms with Crippen molar-refractivity contribution < 1.29 is 9.59 Å². The Morgan fingerprint density at radius 2 is 1.95 bits per heavy atom. The molecule has 5 heteroatoms. The highest BCUT2D eigenvalue weighted by Crippen LogP contribution is 2.33. The molecule has 4 nitrogen and oxygen atoms in total. The lowest BCUT2D eigenvalue weighted by atomic mass is 9.82. The van der Waals surface area contributed by atoms with Crippen molar-refractivity contribution in [1.82, 2.24) is 10.2 Å². The number of rotatable bonds is 5. The molecule has 0 aromatic carbocycles. The molecular weight excluding hydrogens is 308 g/mol. The van der Waals surface area contributed by atoms with E-state index in [-0.39, 0.29) is 11.9 Å². The number of hydrogen-bond donors (Lipinski definition) is 1. The summed E-state index contributed by atoms with van der Waals surface area (Å²) in [6.45, 7) is 2.72. The van der Waals surface area contributed by atoms with Crippen LogP contribution in [0.15, 0.2) is 0 Å². The van der Waals surface area contributed by atoms with Crippen LogP contribution in [0.25, 0.3) is 0 Å². The molecule has 1 unspecified atom stereocenters. The molecular formula is C14H23BrN2O2. The van der Waals surface area contributed by atoms with E-state index in [0.29, 0.717) is 12.5 Å². The van der Waals surface area contributed by atoms with Gasteiger partial charge in [-0.05, 0) is 31.6 Å². The van der Waals surface area contributed by atoms with Gasteiger partial charge < -0.3 is 5.32 Å². The zero-order valence-corrected chi connectivity index (χ0v) is 13.2. The highest BCUT2D eigenvalue weighted by atomic mass is 79.9. The molecule has 1 saturated carbocycles. The maximum atomic E-state index is 12.5. The summed E-state index contributed by atoms with van der Waals surface area (Å²) in [5.74, 6) is 0.547. The summed E-state index contributed by atoms with van der Waals surface area (Å²) in [7, 11) is 0. The second kappa shape index (κ2) is 6.25. The lowest BCUT2D eigenvalue weighted by Gasteiger charge is -2.30. The average molecular weight is 331 g/mol. The molecule has 2 rings (SSSR count). The second-order valence-corrected chi connectivity index (χ2v) is 6.69. The topological polar surface area (TPSA) is 49.4 Å². The molecule has 1 aliphatic heterocycles. The minimum atomic E-state index is -0.562. The van der Waals surface area contributed by atoms with Gasteiger partial charge in [-0.1, -0.05) is 42.1 Å². The first kappa shape index (κ1) is 14.8. The van der Waals surface area contributed by atoms with Gasteiger partial charge in [-0.15, -0.1) is 0 Å². The van der Waals surface area contributed by atoms with Crippen LogP contribution in [0.3, 0.4) is 0 Å². The summed E-state index contributed by atoms with van der Waals surface area (Å²) in [5, 5.41) is 3.92. The number of halogens is 1. The molecule has 0 aromatic heterocycles. The van der Waals surface area contributed by atoms with Gasteiger partial charge in [-0.25, -0.2) is 4.79 Å². The van der Waals surface area contributed by atoms with Gasteiger partial charge in [-0.2, -0.15) is 0 Å². The van der Waals surface area contributed by atoms with E-state index < -0.39 is 5.54 Å². The predicted molar refractivity (Wildman–Crippen MR) is 78.3 cm³/mol. The van der Waals surface area contributed by atoms with Gasteiger partial charge >= 0.3 is 6.03 Å². The number of alkyl halides is 1. The van der Waals surface area contributed by atoms with Crippen molar-refractivity contribution in [3.63, 3.8) is 0 Å². The summed E-state index contributed by atoms with van der Waals surface area (Å²) in [6.07, 6.45) is 6.85. The van der Waals surface area contributed by atoms with E-state index in [1.54, 1.807) is 0 Å². The first-order valence-corrected chi connectivity index (χ1v) is 8.41. The minimum absolute atomic E-state index is 0.0169. The van der Waals surface area contributed by atoms with Crippen LogP contribution in [-0.2, 0) is 4.79 Å². The Morgan fingerprint density at radius 1 is 1.26 bits per heavy atom. The SMILES string of the molecule is CC(CCBr)CCN1C(=O)NC2(CCCCC2)C1=O. The Kier molecular flexibility index (Phi) is 4.87. The Labute approximate surface area is 123 Å². The quantitative estimate of drug-likeness (QED) is 0.622. The normalized spacial score (nSPS) is 23.8. The van der Waals surface area contributed by atoms with Crippen LogP contribution in [0.2, 0.25) is 0 Å². The number of carbonyl (C=O) groups excluding carboxylic acids is 2. The highest BCUT2D eigenvalue weighted by Gasteiger charge is 2.50. The van der Waals surface area contributed by atoms with E-state index in [2.05, 4.69) is 28.2 Å². The van der Waals surface area contributed by atoms with Gasteiger partial charge in [0.05, 0.1) is 0 Å². The molecule has 0 bridgehead atoms. The van der Waals surface area contributed by atoms with Crippen molar-refractivity contribution in [3.8, 4) is 0 Å². The van der Waals surface area contributed by atoms with Crippen molar-refractivity contribution in [2.24, 2.45) is 5.92 Å². The van der Waals surface area contributed by atoms with E-state index in [1.165, 1.54) is 11.3 Å². The fourth-order valence-corrected chi connectivity index (χ4v) is 3.84. The summed E-state index contributed by atoms with van der Waals surface area (Å²) < 4.78 is 0. The summed E-state index contributed by atoms with van der Waals surface area (Å²) in [4.78, 5) is 26.0. The summed E-state index contributed by atoms with van der Waals surface area (Å²) >= 11 is 3.42. The number of carbonyl (C=O) groups is 2. The molecule has 1 atom stereocenters. The highest BCUT2D eigenvalue weighted by molar-refractivity contribution is 9.09. The van der Waals surface area contributed by atoms with Crippen LogP contribution >= 0.6 is 15.9 Å². The lowest BCUT2D eigenvalue weighted by molar-refractivity contribution is -0.132. The monoisotopic (exact) mass is 330 g/mol. The molecule has 1 aliphatic carbocycles. The third-order valence-electron chi connectivity index (χ3n) is 4.40. The van der Waals surface area contributed by atoms with E-state index in [4.69, 9.17) is 0 Å². The molecule has 1 heterocycles. The zero-order valence-electron chi connectivity index (χ0n) is 11.6. The molecule has 2 fully saturated rings. The number of nitrogens with one attached hydrogen (secondary N) is 1. The molecule has 2 aliphatic rings. The minimum Gasteiger partial charge on any atom is -0.323 e. The zero-order chi connectivity index (χ0) is 13.9. The van der Waals surface area contributed by atoms with Gasteiger partial charge in [0, 0.05) is 11.9 Å². The second-order valence-electron chi connectivity index (χ2n) is 5.90. The molecule has 0 aromatic rings.